The van der Waals surface area contributed by atoms with E-state index in [2.05, 4.69) is 15.3 Å². The highest BCUT2D eigenvalue weighted by Gasteiger charge is 2.27. The van der Waals surface area contributed by atoms with Crippen LogP contribution in [0.25, 0.3) is 11.3 Å². The number of aromatic nitrogens is 2. The Morgan fingerprint density at radius 3 is 2.90 bits per heavy atom. The van der Waals surface area contributed by atoms with Crippen LogP contribution in [-0.4, -0.2) is 47.5 Å². The van der Waals surface area contributed by atoms with Gasteiger partial charge in [-0.05, 0) is 36.4 Å². The van der Waals surface area contributed by atoms with E-state index in [1.54, 1.807) is 36.3 Å². The summed E-state index contributed by atoms with van der Waals surface area (Å²) in [5.41, 5.74) is 2.66. The van der Waals surface area contributed by atoms with Gasteiger partial charge < -0.3 is 15.0 Å². The molecular weight excluding hydrogens is 371 g/mol. The number of carbonyl (C=O) groups excluding carboxylic acids is 1. The number of hydrogen-bond acceptors (Lipinski definition) is 5. The molecule has 0 unspecified atom stereocenters. The van der Waals surface area contributed by atoms with E-state index < -0.39 is 0 Å². The van der Waals surface area contributed by atoms with Crippen molar-refractivity contribution in [1.29, 1.82) is 0 Å². The number of nitrogens with one attached hydrogen (secondary N) is 1. The molecule has 1 amide bonds. The average molecular weight is 392 g/mol. The quantitative estimate of drug-likeness (QED) is 0.736. The Balaban J connectivity index is 1.54. The molecule has 0 aliphatic carbocycles. The van der Waals surface area contributed by atoms with Crippen molar-refractivity contribution in [2.45, 2.75) is 6.10 Å². The Morgan fingerprint density at radius 1 is 1.21 bits per heavy atom. The van der Waals surface area contributed by atoms with Gasteiger partial charge >= 0.3 is 0 Å². The van der Waals surface area contributed by atoms with E-state index in [4.69, 9.17) is 4.74 Å². The number of hydrogen-bond donors (Lipinski definition) is 1. The normalized spacial score (nSPS) is 16.5. The summed E-state index contributed by atoms with van der Waals surface area (Å²) in [5, 5.41) is 2.94. The lowest BCUT2D eigenvalue weighted by Crippen LogP contribution is -2.42. The predicted molar refractivity (Wildman–Crippen MR) is 108 cm³/mol. The fourth-order valence-electron chi connectivity index (χ4n) is 3.33. The van der Waals surface area contributed by atoms with Gasteiger partial charge in [0.05, 0.1) is 24.5 Å². The van der Waals surface area contributed by atoms with Crippen LogP contribution in [-0.2, 0) is 4.74 Å². The minimum Gasteiger partial charge on any atom is -0.373 e. The standard InChI is InChI=1S/C22H21FN4O2/c1-24-21-13-16(8-9-25-21)22(28)27-10-11-29-20(14-27)19-7-3-6-18(26-19)15-4-2-5-17(23)12-15/h2-9,12-13,20H,10-11,14H2,1H3,(H,24,25)/t20-/m1/s1. The summed E-state index contributed by atoms with van der Waals surface area (Å²) in [5.74, 6) is 0.266. The van der Waals surface area contributed by atoms with E-state index in [0.29, 0.717) is 42.3 Å². The van der Waals surface area contributed by atoms with Crippen LogP contribution in [0.15, 0.2) is 60.8 Å². The molecule has 3 heterocycles. The van der Waals surface area contributed by atoms with Crippen molar-refractivity contribution in [2.24, 2.45) is 0 Å². The van der Waals surface area contributed by atoms with Crippen molar-refractivity contribution in [2.75, 3.05) is 32.1 Å². The van der Waals surface area contributed by atoms with E-state index in [1.165, 1.54) is 12.1 Å². The van der Waals surface area contributed by atoms with Crippen LogP contribution >= 0.6 is 0 Å². The Hall–Kier alpha value is -3.32. The maximum Gasteiger partial charge on any atom is 0.254 e. The van der Waals surface area contributed by atoms with Gasteiger partial charge in [-0.3, -0.25) is 4.79 Å². The number of halogens is 1. The molecule has 1 fully saturated rings. The van der Waals surface area contributed by atoms with Crippen LogP contribution in [0.5, 0.6) is 0 Å². The third kappa shape index (κ3) is 4.25. The molecule has 7 heteroatoms. The number of amides is 1. The Kier molecular flexibility index (Phi) is 5.48. The lowest BCUT2D eigenvalue weighted by Gasteiger charge is -2.33. The summed E-state index contributed by atoms with van der Waals surface area (Å²) in [6, 6.07) is 15.3. The lowest BCUT2D eigenvalue weighted by atomic mass is 10.1. The first-order chi connectivity index (χ1) is 14.1. The second-order valence-corrected chi connectivity index (χ2v) is 6.75. The number of ether oxygens (including phenoxy) is 1. The zero-order valence-electron chi connectivity index (χ0n) is 16.0. The fraction of sp³-hybridized carbons (Fsp3) is 0.227. The van der Waals surface area contributed by atoms with Gasteiger partial charge in [0.1, 0.15) is 17.7 Å². The summed E-state index contributed by atoms with van der Waals surface area (Å²) in [4.78, 5) is 23.5. The summed E-state index contributed by atoms with van der Waals surface area (Å²) < 4.78 is 19.4. The monoisotopic (exact) mass is 392 g/mol. The molecule has 1 aliphatic rings. The van der Waals surface area contributed by atoms with Crippen molar-refractivity contribution < 1.29 is 13.9 Å². The number of carbonyl (C=O) groups is 1. The number of benzene rings is 1. The zero-order valence-corrected chi connectivity index (χ0v) is 16.0. The first kappa shape index (κ1) is 19.0. The molecule has 1 aromatic carbocycles. The van der Waals surface area contributed by atoms with Crippen LogP contribution in [0.4, 0.5) is 10.2 Å². The van der Waals surface area contributed by atoms with Crippen molar-refractivity contribution >= 4 is 11.7 Å². The number of pyridine rings is 2. The molecule has 1 N–H and O–H groups in total. The van der Waals surface area contributed by atoms with Gasteiger partial charge in [-0.2, -0.15) is 0 Å². The Bertz CT molecular complexity index is 1030. The molecule has 1 atom stereocenters. The topological polar surface area (TPSA) is 67.4 Å². The number of rotatable bonds is 4. The molecule has 1 saturated heterocycles. The molecule has 6 nitrogen and oxygen atoms in total. The van der Waals surface area contributed by atoms with Crippen molar-refractivity contribution in [1.82, 2.24) is 14.9 Å². The largest absolute Gasteiger partial charge is 0.373 e. The summed E-state index contributed by atoms with van der Waals surface area (Å²) in [6.45, 7) is 1.33. The fourth-order valence-corrected chi connectivity index (χ4v) is 3.33. The van der Waals surface area contributed by atoms with Gasteiger partial charge in [0, 0.05) is 30.9 Å². The van der Waals surface area contributed by atoms with E-state index in [9.17, 15) is 9.18 Å². The second kappa shape index (κ2) is 8.36. The van der Waals surface area contributed by atoms with Crippen LogP contribution in [0.1, 0.15) is 22.2 Å². The minimum absolute atomic E-state index is 0.0708. The maximum absolute atomic E-state index is 13.6. The molecule has 0 radical (unpaired) electrons. The van der Waals surface area contributed by atoms with Crippen LogP contribution in [0, 0.1) is 5.82 Å². The third-order valence-corrected chi connectivity index (χ3v) is 4.84. The van der Waals surface area contributed by atoms with Gasteiger partial charge in [0.2, 0.25) is 0 Å². The zero-order chi connectivity index (χ0) is 20.2. The lowest BCUT2D eigenvalue weighted by molar-refractivity contribution is -0.0246. The van der Waals surface area contributed by atoms with E-state index >= 15 is 0 Å². The van der Waals surface area contributed by atoms with Gasteiger partial charge in [-0.15, -0.1) is 0 Å². The number of anilines is 1. The SMILES string of the molecule is CNc1cc(C(=O)N2CCO[C@@H](c3cccc(-c4cccc(F)c4)n3)C2)ccn1. The molecule has 0 bridgehead atoms. The first-order valence-corrected chi connectivity index (χ1v) is 9.41. The Morgan fingerprint density at radius 2 is 2.07 bits per heavy atom. The maximum atomic E-state index is 13.6. The van der Waals surface area contributed by atoms with E-state index in [-0.39, 0.29) is 17.8 Å². The molecule has 148 valence electrons. The molecule has 0 saturated carbocycles. The van der Waals surface area contributed by atoms with Crippen molar-refractivity contribution in [3.63, 3.8) is 0 Å². The second-order valence-electron chi connectivity index (χ2n) is 6.75. The van der Waals surface area contributed by atoms with Crippen molar-refractivity contribution in [3.8, 4) is 11.3 Å². The minimum atomic E-state index is -0.341. The van der Waals surface area contributed by atoms with E-state index in [0.717, 1.165) is 5.69 Å². The van der Waals surface area contributed by atoms with E-state index in [1.807, 2.05) is 24.3 Å². The summed E-state index contributed by atoms with van der Waals surface area (Å²) in [7, 11) is 1.76. The van der Waals surface area contributed by atoms with Gasteiger partial charge in [-0.1, -0.05) is 18.2 Å². The smallest absolute Gasteiger partial charge is 0.254 e. The van der Waals surface area contributed by atoms with Gasteiger partial charge in [0.15, 0.2) is 0 Å². The molecule has 2 aromatic heterocycles. The Labute approximate surface area is 168 Å². The molecular formula is C22H21FN4O2. The first-order valence-electron chi connectivity index (χ1n) is 9.41. The van der Waals surface area contributed by atoms with Crippen LogP contribution in [0.2, 0.25) is 0 Å². The molecule has 29 heavy (non-hydrogen) atoms. The summed E-state index contributed by atoms with van der Waals surface area (Å²) in [6.07, 6.45) is 1.27. The average Bonchev–Trinajstić information content (AvgIpc) is 2.79. The predicted octanol–water partition coefficient (Wildman–Crippen LogP) is 3.54. The third-order valence-electron chi connectivity index (χ3n) is 4.84. The molecule has 0 spiro atoms. The van der Waals surface area contributed by atoms with Crippen LogP contribution in [0.3, 0.4) is 0 Å². The highest BCUT2D eigenvalue weighted by molar-refractivity contribution is 5.94. The molecule has 4 rings (SSSR count). The number of nitrogens with zero attached hydrogens (tertiary/aromatic N) is 3. The van der Waals surface area contributed by atoms with Gasteiger partial charge in [0.25, 0.3) is 5.91 Å². The highest BCUT2D eigenvalue weighted by atomic mass is 19.1. The number of morpholine rings is 1. The van der Waals surface area contributed by atoms with Crippen LogP contribution < -0.4 is 5.32 Å². The molecule has 3 aromatic rings. The van der Waals surface area contributed by atoms with Crippen molar-refractivity contribution in [3.05, 3.63) is 77.9 Å². The summed E-state index contributed by atoms with van der Waals surface area (Å²) >= 11 is 0. The highest BCUT2D eigenvalue weighted by Crippen LogP contribution is 2.25. The van der Waals surface area contributed by atoms with Gasteiger partial charge in [-0.25, -0.2) is 14.4 Å². The molecule has 1 aliphatic heterocycles.